The van der Waals surface area contributed by atoms with Gasteiger partial charge in [0, 0.05) is 17.9 Å². The Bertz CT molecular complexity index is 395. The molecule has 0 radical (unpaired) electrons. The summed E-state index contributed by atoms with van der Waals surface area (Å²) in [7, 11) is 0. The molecule has 0 aliphatic heterocycles. The van der Waals surface area contributed by atoms with Gasteiger partial charge in [0.05, 0.1) is 0 Å². The molecule has 2 aliphatic carbocycles. The van der Waals surface area contributed by atoms with Gasteiger partial charge in [-0.2, -0.15) is 5.10 Å². The maximum atomic E-state index is 6.31. The van der Waals surface area contributed by atoms with Gasteiger partial charge in [0.1, 0.15) is 5.82 Å². The normalized spacial score (nSPS) is 30.2. The smallest absolute Gasteiger partial charge is 0.153 e. The minimum Gasteiger partial charge on any atom is -0.327 e. The van der Waals surface area contributed by atoms with Crippen LogP contribution in [0.1, 0.15) is 87.7 Å². The van der Waals surface area contributed by atoms with Crippen LogP contribution in [-0.4, -0.2) is 21.2 Å². The van der Waals surface area contributed by atoms with Crippen LogP contribution in [0.2, 0.25) is 0 Å². The monoisotopic (exact) mass is 262 g/mol. The largest absolute Gasteiger partial charge is 0.327 e. The van der Waals surface area contributed by atoms with Crippen molar-refractivity contribution in [3.63, 3.8) is 0 Å². The molecule has 1 aromatic rings. The second-order valence-electron chi connectivity index (χ2n) is 6.32. The molecule has 3 rings (SSSR count). The molecular weight excluding hydrogens is 236 g/mol. The number of nitrogens with two attached hydrogens (primary N) is 1. The van der Waals surface area contributed by atoms with Gasteiger partial charge in [-0.15, -0.1) is 0 Å². The van der Waals surface area contributed by atoms with Crippen LogP contribution >= 0.6 is 0 Å². The first-order chi connectivity index (χ1) is 9.34. The van der Waals surface area contributed by atoms with Crippen molar-refractivity contribution in [2.45, 2.75) is 82.1 Å². The summed E-state index contributed by atoms with van der Waals surface area (Å²) in [4.78, 5) is 4.80. The van der Waals surface area contributed by atoms with E-state index in [9.17, 15) is 0 Å². The summed E-state index contributed by atoms with van der Waals surface area (Å²) < 4.78 is 0. The Kier molecular flexibility index (Phi) is 4.16. The fourth-order valence-corrected chi connectivity index (χ4v) is 3.67. The fourth-order valence-electron chi connectivity index (χ4n) is 3.67. The molecule has 1 aromatic heterocycles. The lowest BCUT2D eigenvalue weighted by atomic mass is 9.89. The zero-order valence-electron chi connectivity index (χ0n) is 11.8. The van der Waals surface area contributed by atoms with Crippen molar-refractivity contribution >= 4 is 0 Å². The second-order valence-corrected chi connectivity index (χ2v) is 6.32. The molecule has 2 fully saturated rings. The zero-order valence-corrected chi connectivity index (χ0v) is 11.8. The fraction of sp³-hybridized carbons (Fsp3) is 0.867. The summed E-state index contributed by atoms with van der Waals surface area (Å²) in [6.45, 7) is 0. The van der Waals surface area contributed by atoms with E-state index in [-0.39, 0.29) is 6.04 Å². The molecule has 4 heteroatoms. The van der Waals surface area contributed by atoms with Crippen LogP contribution in [0.4, 0.5) is 0 Å². The van der Waals surface area contributed by atoms with E-state index in [2.05, 4.69) is 10.2 Å². The molecule has 2 atom stereocenters. The number of aromatic amines is 1. The minimum absolute atomic E-state index is 0.259. The highest BCUT2D eigenvalue weighted by atomic mass is 15.2. The van der Waals surface area contributed by atoms with Crippen LogP contribution in [0.3, 0.4) is 0 Å². The second kappa shape index (κ2) is 6.04. The molecule has 0 spiro atoms. The number of nitrogens with zero attached hydrogens (tertiary/aromatic N) is 2. The Morgan fingerprint density at radius 3 is 2.37 bits per heavy atom. The van der Waals surface area contributed by atoms with E-state index in [0.717, 1.165) is 18.1 Å². The molecule has 19 heavy (non-hydrogen) atoms. The summed E-state index contributed by atoms with van der Waals surface area (Å²) in [5, 5.41) is 7.68. The van der Waals surface area contributed by atoms with Gasteiger partial charge in [-0.3, -0.25) is 5.10 Å². The van der Waals surface area contributed by atoms with Gasteiger partial charge in [0.25, 0.3) is 0 Å². The number of hydrogen-bond donors (Lipinski definition) is 2. The summed E-state index contributed by atoms with van der Waals surface area (Å²) >= 11 is 0. The highest BCUT2D eigenvalue weighted by molar-refractivity contribution is 5.06. The molecule has 2 saturated carbocycles. The predicted octanol–water partition coefficient (Wildman–Crippen LogP) is 3.23. The van der Waals surface area contributed by atoms with Crippen molar-refractivity contribution in [1.82, 2.24) is 15.2 Å². The zero-order chi connectivity index (χ0) is 13.1. The number of nitrogens with one attached hydrogen (secondary N) is 1. The van der Waals surface area contributed by atoms with Gasteiger partial charge in [0.2, 0.25) is 0 Å². The van der Waals surface area contributed by atoms with Crippen molar-refractivity contribution in [2.24, 2.45) is 5.73 Å². The lowest BCUT2D eigenvalue weighted by Gasteiger charge is -2.19. The van der Waals surface area contributed by atoms with Gasteiger partial charge < -0.3 is 5.73 Å². The number of hydrogen-bond acceptors (Lipinski definition) is 3. The number of aromatic nitrogens is 3. The third-order valence-corrected chi connectivity index (χ3v) is 4.91. The summed E-state index contributed by atoms with van der Waals surface area (Å²) in [5.74, 6) is 3.08. The van der Waals surface area contributed by atoms with Gasteiger partial charge >= 0.3 is 0 Å². The molecule has 0 aromatic carbocycles. The molecule has 106 valence electrons. The highest BCUT2D eigenvalue weighted by Crippen LogP contribution is 2.33. The summed E-state index contributed by atoms with van der Waals surface area (Å²) in [6.07, 6.45) is 12.7. The van der Waals surface area contributed by atoms with Crippen LogP contribution in [0, 0.1) is 0 Å². The number of rotatable bonds is 2. The maximum absolute atomic E-state index is 6.31. The van der Waals surface area contributed by atoms with Crippen molar-refractivity contribution < 1.29 is 0 Å². The molecule has 0 bridgehead atoms. The van der Waals surface area contributed by atoms with E-state index in [1.54, 1.807) is 0 Å². The Morgan fingerprint density at radius 2 is 1.58 bits per heavy atom. The molecule has 2 unspecified atom stereocenters. The van der Waals surface area contributed by atoms with E-state index in [1.807, 2.05) is 0 Å². The van der Waals surface area contributed by atoms with Gasteiger partial charge in [-0.25, -0.2) is 4.98 Å². The predicted molar refractivity (Wildman–Crippen MR) is 76.0 cm³/mol. The molecule has 0 amide bonds. The first-order valence-corrected chi connectivity index (χ1v) is 8.02. The molecule has 4 nitrogen and oxygen atoms in total. The van der Waals surface area contributed by atoms with Crippen LogP contribution in [0.25, 0.3) is 0 Å². The average molecular weight is 262 g/mol. The lowest BCUT2D eigenvalue weighted by Crippen LogP contribution is -2.28. The number of H-pyrrole nitrogens is 1. The maximum Gasteiger partial charge on any atom is 0.153 e. The molecule has 0 saturated heterocycles. The summed E-state index contributed by atoms with van der Waals surface area (Å²) in [5.41, 5.74) is 6.31. The standard InChI is InChI=1S/C15H26N4/c16-13-10-6-2-5-9-12(13)15-17-14(18-19-15)11-7-3-1-4-8-11/h11-13H,1-10,16H2,(H,17,18,19). The van der Waals surface area contributed by atoms with Gasteiger partial charge in [0.15, 0.2) is 5.82 Å². The Hall–Kier alpha value is -0.900. The van der Waals surface area contributed by atoms with E-state index < -0.39 is 0 Å². The van der Waals surface area contributed by atoms with Crippen LogP contribution in [0.15, 0.2) is 0 Å². The van der Waals surface area contributed by atoms with Crippen molar-refractivity contribution in [3.8, 4) is 0 Å². The first kappa shape index (κ1) is 13.1. The van der Waals surface area contributed by atoms with E-state index in [4.69, 9.17) is 10.7 Å². The Morgan fingerprint density at radius 1 is 0.895 bits per heavy atom. The Labute approximate surface area is 115 Å². The van der Waals surface area contributed by atoms with Gasteiger partial charge in [-0.05, 0) is 25.7 Å². The van der Waals surface area contributed by atoms with Crippen LogP contribution in [0.5, 0.6) is 0 Å². The first-order valence-electron chi connectivity index (χ1n) is 8.02. The molecule has 2 aliphatic rings. The van der Waals surface area contributed by atoms with Crippen molar-refractivity contribution in [1.29, 1.82) is 0 Å². The van der Waals surface area contributed by atoms with Crippen LogP contribution < -0.4 is 5.73 Å². The van der Waals surface area contributed by atoms with E-state index >= 15 is 0 Å². The third-order valence-electron chi connectivity index (χ3n) is 4.91. The van der Waals surface area contributed by atoms with E-state index in [1.165, 1.54) is 57.8 Å². The molecule has 3 N–H and O–H groups in total. The SMILES string of the molecule is NC1CCCCCC1c1nc(C2CCCCC2)n[nH]1. The molecular formula is C15H26N4. The topological polar surface area (TPSA) is 67.6 Å². The summed E-state index contributed by atoms with van der Waals surface area (Å²) in [6, 6.07) is 0.259. The third kappa shape index (κ3) is 2.99. The minimum atomic E-state index is 0.259. The average Bonchev–Trinajstić information content (AvgIpc) is 2.83. The van der Waals surface area contributed by atoms with Crippen molar-refractivity contribution in [3.05, 3.63) is 11.6 Å². The van der Waals surface area contributed by atoms with Gasteiger partial charge in [-0.1, -0.05) is 38.5 Å². The van der Waals surface area contributed by atoms with Crippen LogP contribution in [-0.2, 0) is 0 Å². The molecule has 1 heterocycles. The quantitative estimate of drug-likeness (QED) is 0.804. The lowest BCUT2D eigenvalue weighted by molar-refractivity contribution is 0.428. The Balaban J connectivity index is 1.72. The van der Waals surface area contributed by atoms with Crippen molar-refractivity contribution in [2.75, 3.05) is 0 Å². The highest BCUT2D eigenvalue weighted by Gasteiger charge is 2.27. The van der Waals surface area contributed by atoms with E-state index in [0.29, 0.717) is 11.8 Å².